The monoisotopic (exact) mass is 195 g/mol. The van der Waals surface area contributed by atoms with Crippen molar-refractivity contribution in [2.75, 3.05) is 19.6 Å². The van der Waals surface area contributed by atoms with Crippen molar-refractivity contribution in [2.24, 2.45) is 0 Å². The summed E-state index contributed by atoms with van der Waals surface area (Å²) in [6.45, 7) is 7.64. The summed E-state index contributed by atoms with van der Waals surface area (Å²) < 4.78 is 0. The molecule has 1 saturated heterocycles. The van der Waals surface area contributed by atoms with E-state index in [2.05, 4.69) is 30.1 Å². The summed E-state index contributed by atoms with van der Waals surface area (Å²) in [4.78, 5) is 2.49. The molecule has 3 heteroatoms. The lowest BCUT2D eigenvalue weighted by Crippen LogP contribution is -2.56. The van der Waals surface area contributed by atoms with Gasteiger partial charge >= 0.3 is 0 Å². The van der Waals surface area contributed by atoms with Crippen LogP contribution in [0.1, 0.15) is 33.1 Å². The Bertz CT molecular complexity index is 197. The van der Waals surface area contributed by atoms with Gasteiger partial charge in [0.25, 0.3) is 0 Å². The lowest BCUT2D eigenvalue weighted by Gasteiger charge is -2.40. The van der Waals surface area contributed by atoms with Crippen LogP contribution >= 0.6 is 0 Å². The smallest absolute Gasteiger partial charge is 0.0638 e. The van der Waals surface area contributed by atoms with Crippen LogP contribution in [-0.4, -0.2) is 36.6 Å². The summed E-state index contributed by atoms with van der Waals surface area (Å²) in [7, 11) is 0. The second-order valence-corrected chi connectivity index (χ2v) is 4.11. The Hall–Kier alpha value is -0.590. The highest BCUT2D eigenvalue weighted by molar-refractivity contribution is 4.90. The Labute approximate surface area is 87.1 Å². The summed E-state index contributed by atoms with van der Waals surface area (Å²) in [5.74, 6) is 0. The SMILES string of the molecule is CCCCN1C(C)CNCC1CC#N. The number of nitrogens with one attached hydrogen (secondary N) is 1. The van der Waals surface area contributed by atoms with E-state index in [4.69, 9.17) is 5.26 Å². The summed E-state index contributed by atoms with van der Waals surface area (Å²) >= 11 is 0. The van der Waals surface area contributed by atoms with Crippen LogP contribution in [-0.2, 0) is 0 Å². The maximum atomic E-state index is 8.74. The van der Waals surface area contributed by atoms with E-state index < -0.39 is 0 Å². The predicted molar refractivity (Wildman–Crippen MR) is 58.0 cm³/mol. The van der Waals surface area contributed by atoms with Crippen molar-refractivity contribution in [3.8, 4) is 6.07 Å². The fraction of sp³-hybridized carbons (Fsp3) is 0.909. The van der Waals surface area contributed by atoms with Gasteiger partial charge < -0.3 is 5.32 Å². The molecular formula is C11H21N3. The molecule has 0 aliphatic carbocycles. The Morgan fingerprint density at radius 3 is 2.93 bits per heavy atom. The van der Waals surface area contributed by atoms with E-state index in [1.165, 1.54) is 12.8 Å². The van der Waals surface area contributed by atoms with Crippen molar-refractivity contribution in [1.29, 1.82) is 5.26 Å². The molecule has 80 valence electrons. The first kappa shape index (κ1) is 11.5. The van der Waals surface area contributed by atoms with E-state index >= 15 is 0 Å². The van der Waals surface area contributed by atoms with Gasteiger partial charge in [-0.3, -0.25) is 4.90 Å². The fourth-order valence-electron chi connectivity index (χ4n) is 2.09. The van der Waals surface area contributed by atoms with Gasteiger partial charge in [-0.05, 0) is 19.9 Å². The second-order valence-electron chi connectivity index (χ2n) is 4.11. The largest absolute Gasteiger partial charge is 0.314 e. The van der Waals surface area contributed by atoms with Gasteiger partial charge in [0.1, 0.15) is 0 Å². The molecule has 1 heterocycles. The number of nitrogens with zero attached hydrogens (tertiary/aromatic N) is 2. The minimum absolute atomic E-state index is 0.426. The first-order chi connectivity index (χ1) is 6.79. The van der Waals surface area contributed by atoms with Gasteiger partial charge in [0.15, 0.2) is 0 Å². The average molecular weight is 195 g/mol. The first-order valence-corrected chi connectivity index (χ1v) is 5.63. The van der Waals surface area contributed by atoms with Gasteiger partial charge in [-0.25, -0.2) is 0 Å². The van der Waals surface area contributed by atoms with Crippen molar-refractivity contribution in [3.63, 3.8) is 0 Å². The Morgan fingerprint density at radius 2 is 2.29 bits per heavy atom. The number of hydrogen-bond acceptors (Lipinski definition) is 3. The number of hydrogen-bond donors (Lipinski definition) is 1. The van der Waals surface area contributed by atoms with Crippen LogP contribution in [0.4, 0.5) is 0 Å². The third kappa shape index (κ3) is 2.97. The van der Waals surface area contributed by atoms with Crippen LogP contribution in [0.3, 0.4) is 0 Å². The zero-order valence-electron chi connectivity index (χ0n) is 9.29. The molecule has 0 amide bonds. The molecule has 3 nitrogen and oxygen atoms in total. The molecule has 1 aliphatic heterocycles. The molecule has 0 aromatic carbocycles. The third-order valence-corrected chi connectivity index (χ3v) is 2.95. The average Bonchev–Trinajstić information content (AvgIpc) is 2.18. The predicted octanol–water partition coefficient (Wildman–Crippen LogP) is 1.36. The van der Waals surface area contributed by atoms with Gasteiger partial charge in [0.05, 0.1) is 12.5 Å². The minimum atomic E-state index is 0.426. The molecule has 2 atom stereocenters. The number of piperazine rings is 1. The Balaban J connectivity index is 2.48. The molecule has 1 rings (SSSR count). The fourth-order valence-corrected chi connectivity index (χ4v) is 2.09. The van der Waals surface area contributed by atoms with Gasteiger partial charge in [-0.1, -0.05) is 13.3 Å². The maximum Gasteiger partial charge on any atom is 0.0638 e. The summed E-state index contributed by atoms with van der Waals surface area (Å²) in [5, 5.41) is 12.1. The lowest BCUT2D eigenvalue weighted by atomic mass is 10.1. The molecule has 0 spiro atoms. The maximum absolute atomic E-state index is 8.74. The highest BCUT2D eigenvalue weighted by atomic mass is 15.2. The Morgan fingerprint density at radius 1 is 1.50 bits per heavy atom. The summed E-state index contributed by atoms with van der Waals surface area (Å²) in [6.07, 6.45) is 3.13. The van der Waals surface area contributed by atoms with Crippen LogP contribution in [0.5, 0.6) is 0 Å². The zero-order chi connectivity index (χ0) is 10.4. The molecule has 0 aromatic rings. The van der Waals surface area contributed by atoms with E-state index in [-0.39, 0.29) is 0 Å². The van der Waals surface area contributed by atoms with Crippen molar-refractivity contribution in [1.82, 2.24) is 10.2 Å². The normalized spacial score (nSPS) is 28.6. The van der Waals surface area contributed by atoms with Crippen LogP contribution in [0.25, 0.3) is 0 Å². The Kier molecular flexibility index (Phi) is 4.92. The third-order valence-electron chi connectivity index (χ3n) is 2.95. The van der Waals surface area contributed by atoms with E-state index in [0.717, 1.165) is 19.6 Å². The molecular weight excluding hydrogens is 174 g/mol. The second kappa shape index (κ2) is 6.00. The summed E-state index contributed by atoms with van der Waals surface area (Å²) in [6, 6.07) is 3.29. The quantitative estimate of drug-likeness (QED) is 0.736. The van der Waals surface area contributed by atoms with Gasteiger partial charge in [-0.15, -0.1) is 0 Å². The number of nitriles is 1. The molecule has 2 unspecified atom stereocenters. The van der Waals surface area contributed by atoms with Gasteiger partial charge in [-0.2, -0.15) is 5.26 Å². The van der Waals surface area contributed by atoms with Crippen molar-refractivity contribution in [3.05, 3.63) is 0 Å². The van der Waals surface area contributed by atoms with Crippen molar-refractivity contribution >= 4 is 0 Å². The molecule has 1 aliphatic rings. The molecule has 1 fully saturated rings. The molecule has 1 N–H and O–H groups in total. The van der Waals surface area contributed by atoms with Crippen LogP contribution < -0.4 is 5.32 Å². The van der Waals surface area contributed by atoms with E-state index in [9.17, 15) is 0 Å². The highest BCUT2D eigenvalue weighted by Gasteiger charge is 2.26. The van der Waals surface area contributed by atoms with Gasteiger partial charge in [0, 0.05) is 25.2 Å². The van der Waals surface area contributed by atoms with Crippen LogP contribution in [0, 0.1) is 11.3 Å². The number of unbranched alkanes of at least 4 members (excludes halogenated alkanes) is 1. The standard InChI is InChI=1S/C11H21N3/c1-3-4-7-14-10(2)8-13-9-11(14)5-6-12/h10-11,13H,3-5,7-9H2,1-2H3. The minimum Gasteiger partial charge on any atom is -0.314 e. The topological polar surface area (TPSA) is 39.1 Å². The van der Waals surface area contributed by atoms with E-state index in [0.29, 0.717) is 18.5 Å². The lowest BCUT2D eigenvalue weighted by molar-refractivity contribution is 0.107. The molecule has 0 aromatic heterocycles. The highest BCUT2D eigenvalue weighted by Crippen LogP contribution is 2.13. The zero-order valence-corrected chi connectivity index (χ0v) is 9.29. The van der Waals surface area contributed by atoms with Crippen molar-refractivity contribution < 1.29 is 0 Å². The molecule has 0 radical (unpaired) electrons. The van der Waals surface area contributed by atoms with E-state index in [1.54, 1.807) is 0 Å². The van der Waals surface area contributed by atoms with Gasteiger partial charge in [0.2, 0.25) is 0 Å². The van der Waals surface area contributed by atoms with E-state index in [1.807, 2.05) is 0 Å². The van der Waals surface area contributed by atoms with Crippen LogP contribution in [0.15, 0.2) is 0 Å². The summed E-state index contributed by atoms with van der Waals surface area (Å²) in [5.41, 5.74) is 0. The molecule has 14 heavy (non-hydrogen) atoms. The van der Waals surface area contributed by atoms with Crippen molar-refractivity contribution in [2.45, 2.75) is 45.2 Å². The molecule has 0 bridgehead atoms. The first-order valence-electron chi connectivity index (χ1n) is 5.63. The number of rotatable bonds is 4. The van der Waals surface area contributed by atoms with Crippen LogP contribution in [0.2, 0.25) is 0 Å². The molecule has 0 saturated carbocycles.